The fraction of sp³-hybridized carbons (Fsp3) is 0.500. The normalized spacial score (nSPS) is 16.7. The maximum atomic E-state index is 14.6. The van der Waals surface area contributed by atoms with Crippen molar-refractivity contribution >= 4 is 23.5 Å². The highest BCUT2D eigenvalue weighted by Crippen LogP contribution is 2.33. The molecule has 1 aliphatic carbocycles. The van der Waals surface area contributed by atoms with Crippen molar-refractivity contribution in [2.24, 2.45) is 5.92 Å². The maximum Gasteiger partial charge on any atom is 0.407 e. The molecule has 134 valence electrons. The first kappa shape index (κ1) is 17.4. The molecule has 1 unspecified atom stereocenters. The number of fused-ring (bicyclic) bond motifs is 2. The van der Waals surface area contributed by atoms with Crippen LogP contribution in [-0.2, 0) is 28.8 Å². The molecule has 2 aromatic rings. The molecule has 3 rings (SSSR count). The zero-order valence-electron chi connectivity index (χ0n) is 14.5. The molecule has 1 amide bonds. The van der Waals surface area contributed by atoms with Gasteiger partial charge in [-0.15, -0.1) is 0 Å². The van der Waals surface area contributed by atoms with Crippen LogP contribution in [0.2, 0.25) is 0 Å². The highest BCUT2D eigenvalue weighted by Gasteiger charge is 2.27. The Bertz CT molecular complexity index is 823. The van der Waals surface area contributed by atoms with Crippen molar-refractivity contribution in [2.75, 3.05) is 6.54 Å². The second-order valence-electron chi connectivity index (χ2n) is 7.27. The predicted molar refractivity (Wildman–Crippen MR) is 88.9 cm³/mol. The highest BCUT2D eigenvalue weighted by molar-refractivity contribution is 5.77. The van der Waals surface area contributed by atoms with E-state index < -0.39 is 17.5 Å². The Morgan fingerprint density at radius 1 is 1.48 bits per heavy atom. The summed E-state index contributed by atoms with van der Waals surface area (Å²) >= 11 is 0. The summed E-state index contributed by atoms with van der Waals surface area (Å²) in [5, 5.41) is 2.61. The summed E-state index contributed by atoms with van der Waals surface area (Å²) in [4.78, 5) is 26.8. The molecule has 1 heterocycles. The van der Waals surface area contributed by atoms with Crippen LogP contribution in [0.5, 0.6) is 0 Å². The lowest BCUT2D eigenvalue weighted by Gasteiger charge is -2.19. The molecule has 1 atom stereocenters. The molecule has 0 spiro atoms. The van der Waals surface area contributed by atoms with Crippen LogP contribution in [0, 0.1) is 11.7 Å². The Morgan fingerprint density at radius 3 is 2.92 bits per heavy atom. The molecule has 0 saturated heterocycles. The first-order valence-electron chi connectivity index (χ1n) is 8.28. The summed E-state index contributed by atoms with van der Waals surface area (Å²) < 4.78 is 25.2. The fourth-order valence-corrected chi connectivity index (χ4v) is 2.97. The molecule has 0 saturated carbocycles. The Kier molecular flexibility index (Phi) is 4.49. The molecule has 0 aliphatic heterocycles. The number of hydrogen-bond donors (Lipinski definition) is 1. The van der Waals surface area contributed by atoms with E-state index in [4.69, 9.17) is 9.15 Å². The van der Waals surface area contributed by atoms with Gasteiger partial charge >= 0.3 is 6.09 Å². The Hall–Kier alpha value is -2.44. The minimum absolute atomic E-state index is 0.109. The topological polar surface area (TPSA) is 81.4 Å². The van der Waals surface area contributed by atoms with Gasteiger partial charge in [-0.3, -0.25) is 0 Å². The lowest BCUT2D eigenvalue weighted by Crippen LogP contribution is -2.33. The average molecular weight is 348 g/mol. The van der Waals surface area contributed by atoms with E-state index in [0.29, 0.717) is 36.2 Å². The van der Waals surface area contributed by atoms with Crippen molar-refractivity contribution in [2.45, 2.75) is 45.6 Å². The number of halogens is 1. The minimum Gasteiger partial charge on any atom is -0.444 e. The monoisotopic (exact) mass is 348 g/mol. The van der Waals surface area contributed by atoms with Gasteiger partial charge in [0.05, 0.1) is 0 Å². The molecule has 1 N–H and O–H groups in total. The van der Waals surface area contributed by atoms with E-state index in [1.54, 1.807) is 26.8 Å². The number of amides is 1. The van der Waals surface area contributed by atoms with Gasteiger partial charge in [0.15, 0.2) is 17.3 Å². The molecule has 6 nitrogen and oxygen atoms in total. The van der Waals surface area contributed by atoms with Crippen molar-refractivity contribution in [3.8, 4) is 0 Å². The SMILES string of the molecule is CC(C)(C)OC(=O)NCCc1nc2cc3c(c(F)c2o1)CC(C=O)C3. The summed E-state index contributed by atoms with van der Waals surface area (Å²) in [6.45, 7) is 5.62. The second kappa shape index (κ2) is 6.46. The van der Waals surface area contributed by atoms with Crippen molar-refractivity contribution in [1.82, 2.24) is 10.3 Å². The largest absolute Gasteiger partial charge is 0.444 e. The van der Waals surface area contributed by atoms with Gasteiger partial charge in [0, 0.05) is 18.9 Å². The number of nitrogens with zero attached hydrogens (tertiary/aromatic N) is 1. The van der Waals surface area contributed by atoms with Crippen LogP contribution < -0.4 is 5.32 Å². The van der Waals surface area contributed by atoms with Gasteiger partial charge in [0.25, 0.3) is 0 Å². The Balaban J connectivity index is 1.68. The lowest BCUT2D eigenvalue weighted by atomic mass is 10.1. The number of oxazole rings is 1. The maximum absolute atomic E-state index is 14.6. The van der Waals surface area contributed by atoms with Crippen LogP contribution in [0.4, 0.5) is 9.18 Å². The van der Waals surface area contributed by atoms with E-state index in [2.05, 4.69) is 10.3 Å². The molecular weight excluding hydrogens is 327 g/mol. The van der Waals surface area contributed by atoms with Crippen molar-refractivity contribution in [1.29, 1.82) is 0 Å². The van der Waals surface area contributed by atoms with Crippen LogP contribution in [0.15, 0.2) is 10.5 Å². The van der Waals surface area contributed by atoms with Crippen LogP contribution in [0.3, 0.4) is 0 Å². The third-order valence-electron chi connectivity index (χ3n) is 4.01. The van der Waals surface area contributed by atoms with E-state index in [-0.39, 0.29) is 18.0 Å². The summed E-state index contributed by atoms with van der Waals surface area (Å²) in [6, 6.07) is 1.78. The van der Waals surface area contributed by atoms with E-state index in [1.807, 2.05) is 0 Å². The number of ether oxygens (including phenoxy) is 1. The molecular formula is C18H21FN2O4. The highest BCUT2D eigenvalue weighted by atomic mass is 19.1. The lowest BCUT2D eigenvalue weighted by molar-refractivity contribution is -0.110. The first-order chi connectivity index (χ1) is 11.8. The summed E-state index contributed by atoms with van der Waals surface area (Å²) in [7, 11) is 0. The predicted octanol–water partition coefficient (Wildman–Crippen LogP) is 2.95. The van der Waals surface area contributed by atoms with Crippen LogP contribution in [0.1, 0.15) is 37.8 Å². The first-order valence-corrected chi connectivity index (χ1v) is 8.28. The smallest absolute Gasteiger partial charge is 0.407 e. The summed E-state index contributed by atoms with van der Waals surface area (Å²) in [5.41, 5.74) is 1.34. The van der Waals surface area contributed by atoms with Gasteiger partial charge in [-0.1, -0.05) is 0 Å². The van der Waals surface area contributed by atoms with Gasteiger partial charge < -0.3 is 19.3 Å². The number of alkyl carbamates (subject to hydrolysis) is 1. The third-order valence-corrected chi connectivity index (χ3v) is 4.01. The van der Waals surface area contributed by atoms with E-state index in [0.717, 1.165) is 11.8 Å². The standard InChI is InChI=1S/C18H21FN2O4/c1-18(2,3)25-17(23)20-5-4-14-21-13-8-11-6-10(9-22)7-12(11)15(19)16(13)24-14/h8-10H,4-7H2,1-3H3,(H,20,23). The van der Waals surface area contributed by atoms with Gasteiger partial charge in [0.1, 0.15) is 17.4 Å². The van der Waals surface area contributed by atoms with Gasteiger partial charge in [-0.2, -0.15) is 0 Å². The molecule has 25 heavy (non-hydrogen) atoms. The van der Waals surface area contributed by atoms with Crippen molar-refractivity contribution in [3.63, 3.8) is 0 Å². The fourth-order valence-electron chi connectivity index (χ4n) is 2.97. The average Bonchev–Trinajstić information content (AvgIpc) is 3.09. The summed E-state index contributed by atoms with van der Waals surface area (Å²) in [6.07, 6.45) is 1.61. The van der Waals surface area contributed by atoms with Crippen LogP contribution in [0.25, 0.3) is 11.1 Å². The molecule has 0 radical (unpaired) electrons. The number of hydrogen-bond acceptors (Lipinski definition) is 5. The molecule has 0 fully saturated rings. The number of carbonyl (C=O) groups excluding carboxylic acids is 2. The summed E-state index contributed by atoms with van der Waals surface area (Å²) in [5.74, 6) is -0.259. The van der Waals surface area contributed by atoms with E-state index >= 15 is 0 Å². The van der Waals surface area contributed by atoms with Crippen LogP contribution in [-0.4, -0.2) is 29.5 Å². The molecule has 1 aromatic heterocycles. The Labute approximate surface area is 144 Å². The minimum atomic E-state index is -0.565. The number of benzene rings is 1. The zero-order chi connectivity index (χ0) is 18.2. The number of aldehydes is 1. The number of nitrogens with one attached hydrogen (secondary N) is 1. The molecule has 1 aromatic carbocycles. The third kappa shape index (κ3) is 3.81. The molecule has 1 aliphatic rings. The second-order valence-corrected chi connectivity index (χ2v) is 7.27. The Morgan fingerprint density at radius 2 is 2.24 bits per heavy atom. The number of aromatic nitrogens is 1. The van der Waals surface area contributed by atoms with Crippen molar-refractivity contribution in [3.05, 3.63) is 28.9 Å². The van der Waals surface area contributed by atoms with Gasteiger partial charge in [-0.25, -0.2) is 14.2 Å². The number of carbonyl (C=O) groups is 2. The van der Waals surface area contributed by atoms with E-state index in [1.165, 1.54) is 0 Å². The quantitative estimate of drug-likeness (QED) is 0.859. The van der Waals surface area contributed by atoms with Crippen LogP contribution >= 0.6 is 0 Å². The zero-order valence-corrected chi connectivity index (χ0v) is 14.5. The van der Waals surface area contributed by atoms with Crippen molar-refractivity contribution < 1.29 is 23.1 Å². The molecule has 7 heteroatoms. The van der Waals surface area contributed by atoms with Gasteiger partial charge in [-0.05, 0) is 50.8 Å². The molecule has 0 bridgehead atoms. The number of rotatable bonds is 4. The van der Waals surface area contributed by atoms with Gasteiger partial charge in [0.2, 0.25) is 0 Å². The van der Waals surface area contributed by atoms with E-state index in [9.17, 15) is 14.0 Å².